The molecule has 0 aliphatic heterocycles. The van der Waals surface area contributed by atoms with E-state index in [-0.39, 0.29) is 12.2 Å². The minimum Gasteiger partial charge on any atom is -0.462 e. The van der Waals surface area contributed by atoms with Gasteiger partial charge in [0.25, 0.3) is 0 Å². The number of hydrogen-bond donors (Lipinski definition) is 1. The first-order valence-corrected chi connectivity index (χ1v) is 10.1. The molecule has 0 atom stereocenters. The molecule has 6 heteroatoms. The molecule has 0 bridgehead atoms. The van der Waals surface area contributed by atoms with Crippen molar-refractivity contribution in [2.24, 2.45) is 0 Å². The Kier molecular flexibility index (Phi) is 6.64. The number of hydrogen-bond acceptors (Lipinski definition) is 6. The summed E-state index contributed by atoms with van der Waals surface area (Å²) in [6.07, 6.45) is 0. The van der Waals surface area contributed by atoms with Gasteiger partial charge in [-0.05, 0) is 37.1 Å². The van der Waals surface area contributed by atoms with Gasteiger partial charge >= 0.3 is 5.97 Å². The molecule has 1 N–H and O–H groups in total. The van der Waals surface area contributed by atoms with Gasteiger partial charge in [0, 0.05) is 16.1 Å². The molecule has 0 radical (unpaired) electrons. The molecule has 1 aromatic heterocycles. The maximum absolute atomic E-state index is 13.0. The Labute approximate surface area is 179 Å². The zero-order valence-electron chi connectivity index (χ0n) is 16.6. The lowest BCUT2D eigenvalue weighted by atomic mass is 9.97. The molecule has 0 saturated heterocycles. The van der Waals surface area contributed by atoms with Gasteiger partial charge < -0.3 is 10.1 Å². The number of nitrogens with one attached hydrogen (secondary N) is 1. The number of esters is 1. The van der Waals surface area contributed by atoms with Gasteiger partial charge in [0.05, 0.1) is 6.61 Å². The van der Waals surface area contributed by atoms with Crippen molar-refractivity contribution >= 4 is 33.6 Å². The summed E-state index contributed by atoms with van der Waals surface area (Å²) in [4.78, 5) is 13.7. The summed E-state index contributed by atoms with van der Waals surface area (Å²) < 4.78 is 5.36. The lowest BCUT2D eigenvalue weighted by Gasteiger charge is -2.10. The Morgan fingerprint density at radius 1 is 1.03 bits per heavy atom. The fourth-order valence-electron chi connectivity index (χ4n) is 3.02. The van der Waals surface area contributed by atoms with E-state index in [0.29, 0.717) is 26.6 Å². The molecule has 3 aromatic rings. The summed E-state index contributed by atoms with van der Waals surface area (Å²) >= 11 is 1.33. The molecule has 0 saturated carbocycles. The van der Waals surface area contributed by atoms with Gasteiger partial charge in [0.15, 0.2) is 0 Å². The minimum atomic E-state index is -0.458. The number of carbonyl (C=O) groups is 1. The molecule has 2 aromatic carbocycles. The minimum absolute atomic E-state index is 0.00935. The van der Waals surface area contributed by atoms with E-state index in [1.807, 2.05) is 72.8 Å². The van der Waals surface area contributed by atoms with Crippen molar-refractivity contribution in [3.63, 3.8) is 0 Å². The fourth-order valence-corrected chi connectivity index (χ4v) is 4.26. The number of allylic oxidation sites excluding steroid dienone is 2. The van der Waals surface area contributed by atoms with Crippen LogP contribution in [-0.2, 0) is 4.74 Å². The molecule has 3 rings (SSSR count). The molecule has 0 amide bonds. The third kappa shape index (κ3) is 4.25. The van der Waals surface area contributed by atoms with Crippen LogP contribution in [-0.4, -0.2) is 12.6 Å². The number of nitriles is 2. The Balaban J connectivity index is 2.33. The summed E-state index contributed by atoms with van der Waals surface area (Å²) in [6, 6.07) is 22.8. The zero-order chi connectivity index (χ0) is 21.5. The predicted octanol–water partition coefficient (Wildman–Crippen LogP) is 6.16. The number of ether oxygens (including phenoxy) is 1. The molecule has 0 aliphatic carbocycles. The van der Waals surface area contributed by atoms with Gasteiger partial charge in [-0.3, -0.25) is 0 Å². The van der Waals surface area contributed by atoms with Crippen LogP contribution in [0.25, 0.3) is 16.7 Å². The molecular formula is C24H19N3O2S. The van der Waals surface area contributed by atoms with Crippen LogP contribution in [0.3, 0.4) is 0 Å². The number of thiophene rings is 1. The third-order valence-corrected chi connectivity index (χ3v) is 5.65. The molecule has 148 valence electrons. The highest BCUT2D eigenvalue weighted by Crippen LogP contribution is 2.45. The maximum atomic E-state index is 13.0. The number of anilines is 2. The van der Waals surface area contributed by atoms with Crippen LogP contribution in [0.2, 0.25) is 0 Å². The molecular weight excluding hydrogens is 394 g/mol. The molecule has 0 spiro atoms. The van der Waals surface area contributed by atoms with E-state index in [1.54, 1.807) is 13.8 Å². The second-order valence-corrected chi connectivity index (χ2v) is 7.33. The van der Waals surface area contributed by atoms with Crippen molar-refractivity contribution in [1.82, 2.24) is 0 Å². The molecule has 0 aliphatic rings. The first kappa shape index (κ1) is 20.9. The van der Waals surface area contributed by atoms with E-state index in [9.17, 15) is 15.3 Å². The van der Waals surface area contributed by atoms with Crippen LogP contribution in [0.4, 0.5) is 10.7 Å². The number of carbonyl (C=O) groups excluding carboxylic acids is 1. The van der Waals surface area contributed by atoms with Crippen molar-refractivity contribution in [2.45, 2.75) is 13.8 Å². The Bertz CT molecular complexity index is 1150. The van der Waals surface area contributed by atoms with Crippen molar-refractivity contribution < 1.29 is 9.53 Å². The SMILES string of the molecule is CCOC(=O)c1c(Nc2ccccc2)sc(C(C)=C(C#N)C#N)c1-c1ccccc1. The van der Waals surface area contributed by atoms with E-state index in [4.69, 9.17) is 4.74 Å². The normalized spacial score (nSPS) is 9.87. The summed E-state index contributed by atoms with van der Waals surface area (Å²) in [5.41, 5.74) is 3.20. The fraction of sp³-hybridized carbons (Fsp3) is 0.125. The van der Waals surface area contributed by atoms with Crippen LogP contribution >= 0.6 is 11.3 Å². The van der Waals surface area contributed by atoms with Crippen LogP contribution in [0.15, 0.2) is 66.2 Å². The summed E-state index contributed by atoms with van der Waals surface area (Å²) in [6.45, 7) is 3.72. The van der Waals surface area contributed by atoms with Gasteiger partial charge in [-0.15, -0.1) is 11.3 Å². The van der Waals surface area contributed by atoms with E-state index in [0.717, 1.165) is 11.3 Å². The molecule has 30 heavy (non-hydrogen) atoms. The monoisotopic (exact) mass is 413 g/mol. The number of rotatable bonds is 6. The number of benzene rings is 2. The highest BCUT2D eigenvalue weighted by molar-refractivity contribution is 7.18. The largest absolute Gasteiger partial charge is 0.462 e. The molecule has 1 heterocycles. The lowest BCUT2D eigenvalue weighted by Crippen LogP contribution is -2.07. The van der Waals surface area contributed by atoms with Gasteiger partial charge in [-0.25, -0.2) is 4.79 Å². The van der Waals surface area contributed by atoms with Crippen molar-refractivity contribution in [1.29, 1.82) is 10.5 Å². The maximum Gasteiger partial charge on any atom is 0.341 e. The quantitative estimate of drug-likeness (QED) is 0.386. The molecule has 0 unspecified atom stereocenters. The van der Waals surface area contributed by atoms with Crippen LogP contribution in [0.1, 0.15) is 29.1 Å². The second-order valence-electron chi connectivity index (χ2n) is 6.31. The standard InChI is InChI=1S/C24H19N3O2S/c1-3-29-24(28)21-20(17-10-6-4-7-11-17)22(16(2)18(14-25)15-26)30-23(21)27-19-12-8-5-9-13-19/h4-13,27H,3H2,1-2H3. The first-order chi connectivity index (χ1) is 14.6. The molecule has 5 nitrogen and oxygen atoms in total. The second kappa shape index (κ2) is 9.56. The van der Waals surface area contributed by atoms with E-state index in [1.165, 1.54) is 11.3 Å². The third-order valence-electron chi connectivity index (χ3n) is 4.42. The number of nitrogens with zero attached hydrogens (tertiary/aromatic N) is 2. The smallest absolute Gasteiger partial charge is 0.341 e. The highest BCUT2D eigenvalue weighted by atomic mass is 32.1. The summed E-state index contributed by atoms with van der Waals surface area (Å²) in [5.74, 6) is -0.458. The topological polar surface area (TPSA) is 85.9 Å². The zero-order valence-corrected chi connectivity index (χ0v) is 17.4. The van der Waals surface area contributed by atoms with E-state index < -0.39 is 5.97 Å². The predicted molar refractivity (Wildman–Crippen MR) is 119 cm³/mol. The lowest BCUT2D eigenvalue weighted by molar-refractivity contribution is 0.0529. The van der Waals surface area contributed by atoms with Gasteiger partial charge in [-0.2, -0.15) is 10.5 Å². The van der Waals surface area contributed by atoms with Crippen molar-refractivity contribution in [3.05, 3.63) is 76.7 Å². The highest BCUT2D eigenvalue weighted by Gasteiger charge is 2.27. The molecule has 0 fully saturated rings. The van der Waals surface area contributed by atoms with Crippen LogP contribution in [0.5, 0.6) is 0 Å². The van der Waals surface area contributed by atoms with Gasteiger partial charge in [-0.1, -0.05) is 48.5 Å². The number of para-hydroxylation sites is 1. The Hall–Kier alpha value is -3.87. The summed E-state index contributed by atoms with van der Waals surface area (Å²) in [7, 11) is 0. The Morgan fingerprint density at radius 3 is 2.20 bits per heavy atom. The first-order valence-electron chi connectivity index (χ1n) is 9.33. The Morgan fingerprint density at radius 2 is 1.63 bits per heavy atom. The van der Waals surface area contributed by atoms with Crippen molar-refractivity contribution in [2.75, 3.05) is 11.9 Å². The van der Waals surface area contributed by atoms with Crippen molar-refractivity contribution in [3.8, 4) is 23.3 Å². The van der Waals surface area contributed by atoms with E-state index in [2.05, 4.69) is 5.32 Å². The van der Waals surface area contributed by atoms with Gasteiger partial charge in [0.1, 0.15) is 28.3 Å². The van der Waals surface area contributed by atoms with Crippen LogP contribution in [0, 0.1) is 22.7 Å². The van der Waals surface area contributed by atoms with Gasteiger partial charge in [0.2, 0.25) is 0 Å². The average Bonchev–Trinajstić information content (AvgIpc) is 3.15. The summed E-state index contributed by atoms with van der Waals surface area (Å²) in [5, 5.41) is 22.7. The average molecular weight is 414 g/mol. The van der Waals surface area contributed by atoms with E-state index >= 15 is 0 Å². The van der Waals surface area contributed by atoms with Crippen LogP contribution < -0.4 is 5.32 Å².